The van der Waals surface area contributed by atoms with Gasteiger partial charge in [-0.3, -0.25) is 4.57 Å². The Labute approximate surface area is 79.6 Å². The number of fused-ring (bicyclic) bond motifs is 1. The van der Waals surface area contributed by atoms with E-state index in [4.69, 9.17) is 5.73 Å². The monoisotopic (exact) mass is 190 g/mol. The van der Waals surface area contributed by atoms with Gasteiger partial charge in [-0.25, -0.2) is 9.78 Å². The third-order valence-corrected chi connectivity index (χ3v) is 2.58. The zero-order valence-corrected chi connectivity index (χ0v) is 7.53. The van der Waals surface area contributed by atoms with Crippen LogP contribution in [0.1, 0.15) is 18.9 Å². The predicted molar refractivity (Wildman–Crippen MR) is 53.0 cm³/mol. The normalized spacial score (nSPS) is 16.3. The maximum absolute atomic E-state index is 11.6. The molecule has 0 aromatic carbocycles. The van der Waals surface area contributed by atoms with Crippen LogP contribution in [0.5, 0.6) is 0 Å². The number of nitrogen functional groups attached to an aromatic ring is 1. The first-order valence-electron chi connectivity index (χ1n) is 4.62. The zero-order valence-electron chi connectivity index (χ0n) is 7.53. The van der Waals surface area contributed by atoms with Crippen LogP contribution >= 0.6 is 0 Å². The molecule has 5 heteroatoms. The van der Waals surface area contributed by atoms with Crippen molar-refractivity contribution in [2.24, 2.45) is 0 Å². The van der Waals surface area contributed by atoms with Gasteiger partial charge in [-0.05, 0) is 18.9 Å². The van der Waals surface area contributed by atoms with Crippen molar-refractivity contribution in [3.8, 4) is 0 Å². The molecule has 5 nitrogen and oxygen atoms in total. The van der Waals surface area contributed by atoms with Gasteiger partial charge in [0.25, 0.3) is 0 Å². The molecule has 0 radical (unpaired) electrons. The van der Waals surface area contributed by atoms with Crippen LogP contribution in [-0.2, 0) is 0 Å². The standard InChI is InChI=1S/C9H10N4O/c10-8-7-6(3-4-11-8)13(5-1-2-5)9(14)12-7/h3-5H,1-2H2,(H2,10,11)(H,12,14). The lowest BCUT2D eigenvalue weighted by Gasteiger charge is -1.99. The largest absolute Gasteiger partial charge is 0.382 e. The predicted octanol–water partition coefficient (Wildman–Crippen LogP) is 0.642. The summed E-state index contributed by atoms with van der Waals surface area (Å²) in [5, 5.41) is 0. The van der Waals surface area contributed by atoms with E-state index in [1.807, 2.05) is 6.07 Å². The number of hydrogen-bond donors (Lipinski definition) is 2. The maximum Gasteiger partial charge on any atom is 0.326 e. The number of anilines is 1. The molecular weight excluding hydrogens is 180 g/mol. The molecule has 72 valence electrons. The third-order valence-electron chi connectivity index (χ3n) is 2.58. The summed E-state index contributed by atoms with van der Waals surface area (Å²) in [7, 11) is 0. The summed E-state index contributed by atoms with van der Waals surface area (Å²) in [6.07, 6.45) is 3.79. The zero-order chi connectivity index (χ0) is 9.71. The van der Waals surface area contributed by atoms with Gasteiger partial charge in [-0.1, -0.05) is 0 Å². The van der Waals surface area contributed by atoms with Crippen LogP contribution in [0.15, 0.2) is 17.1 Å². The molecule has 0 atom stereocenters. The number of aromatic amines is 1. The number of nitrogens with one attached hydrogen (secondary N) is 1. The molecule has 0 spiro atoms. The molecule has 0 amide bonds. The second-order valence-electron chi connectivity index (χ2n) is 3.62. The van der Waals surface area contributed by atoms with Crippen molar-refractivity contribution < 1.29 is 0 Å². The van der Waals surface area contributed by atoms with Gasteiger partial charge in [0.1, 0.15) is 11.3 Å². The van der Waals surface area contributed by atoms with Crippen LogP contribution in [0.25, 0.3) is 11.0 Å². The fraction of sp³-hybridized carbons (Fsp3) is 0.333. The number of imidazole rings is 1. The molecular formula is C9H10N4O. The lowest BCUT2D eigenvalue weighted by Crippen LogP contribution is -2.14. The Morgan fingerprint density at radius 1 is 1.57 bits per heavy atom. The van der Waals surface area contributed by atoms with Gasteiger partial charge < -0.3 is 10.7 Å². The van der Waals surface area contributed by atoms with Crippen LogP contribution < -0.4 is 11.4 Å². The van der Waals surface area contributed by atoms with Gasteiger partial charge in [-0.2, -0.15) is 0 Å². The van der Waals surface area contributed by atoms with Crippen molar-refractivity contribution in [2.45, 2.75) is 18.9 Å². The first-order chi connectivity index (χ1) is 6.77. The molecule has 1 saturated carbocycles. The Morgan fingerprint density at radius 2 is 2.36 bits per heavy atom. The van der Waals surface area contributed by atoms with E-state index in [0.717, 1.165) is 18.4 Å². The number of pyridine rings is 1. The molecule has 14 heavy (non-hydrogen) atoms. The third kappa shape index (κ3) is 0.891. The minimum absolute atomic E-state index is 0.0813. The van der Waals surface area contributed by atoms with Crippen LogP contribution in [0.3, 0.4) is 0 Å². The molecule has 0 unspecified atom stereocenters. The molecule has 3 N–H and O–H groups in total. The number of nitrogens with two attached hydrogens (primary N) is 1. The van der Waals surface area contributed by atoms with Crippen molar-refractivity contribution in [3.63, 3.8) is 0 Å². The average molecular weight is 190 g/mol. The number of nitrogens with zero attached hydrogens (tertiary/aromatic N) is 2. The molecule has 0 aliphatic heterocycles. The van der Waals surface area contributed by atoms with Crippen molar-refractivity contribution in [1.82, 2.24) is 14.5 Å². The van der Waals surface area contributed by atoms with E-state index in [-0.39, 0.29) is 5.69 Å². The average Bonchev–Trinajstić information content (AvgIpc) is 2.91. The highest BCUT2D eigenvalue weighted by Crippen LogP contribution is 2.35. The molecule has 1 aliphatic rings. The van der Waals surface area contributed by atoms with Crippen LogP contribution in [0.4, 0.5) is 5.82 Å². The van der Waals surface area contributed by atoms with E-state index in [9.17, 15) is 4.79 Å². The lowest BCUT2D eigenvalue weighted by atomic mass is 10.4. The quantitative estimate of drug-likeness (QED) is 0.692. The fourth-order valence-electron chi connectivity index (χ4n) is 1.77. The van der Waals surface area contributed by atoms with Gasteiger partial charge in [0.05, 0.1) is 5.52 Å². The number of rotatable bonds is 1. The highest BCUT2D eigenvalue weighted by molar-refractivity contribution is 5.84. The van der Waals surface area contributed by atoms with E-state index in [2.05, 4.69) is 9.97 Å². The second kappa shape index (κ2) is 2.37. The Balaban J connectivity index is 2.43. The summed E-state index contributed by atoms with van der Waals surface area (Å²) in [5.74, 6) is 0.388. The Kier molecular flexibility index (Phi) is 1.29. The van der Waals surface area contributed by atoms with Crippen LogP contribution in [-0.4, -0.2) is 14.5 Å². The highest BCUT2D eigenvalue weighted by Gasteiger charge is 2.27. The maximum atomic E-state index is 11.6. The molecule has 1 fully saturated rings. The number of hydrogen-bond acceptors (Lipinski definition) is 3. The summed E-state index contributed by atoms with van der Waals surface area (Å²) < 4.78 is 1.77. The molecule has 0 bridgehead atoms. The summed E-state index contributed by atoms with van der Waals surface area (Å²) in [4.78, 5) is 18.3. The number of aromatic nitrogens is 3. The first kappa shape index (κ1) is 7.61. The molecule has 1 aliphatic carbocycles. The molecule has 3 rings (SSSR count). The van der Waals surface area contributed by atoms with Crippen molar-refractivity contribution in [3.05, 3.63) is 22.7 Å². The van der Waals surface area contributed by atoms with Crippen LogP contribution in [0.2, 0.25) is 0 Å². The minimum Gasteiger partial charge on any atom is -0.382 e. The van der Waals surface area contributed by atoms with Crippen molar-refractivity contribution in [2.75, 3.05) is 5.73 Å². The van der Waals surface area contributed by atoms with E-state index < -0.39 is 0 Å². The van der Waals surface area contributed by atoms with Crippen molar-refractivity contribution >= 4 is 16.9 Å². The smallest absolute Gasteiger partial charge is 0.326 e. The Hall–Kier alpha value is -1.78. The van der Waals surface area contributed by atoms with E-state index >= 15 is 0 Å². The molecule has 2 aromatic rings. The van der Waals surface area contributed by atoms with E-state index in [0.29, 0.717) is 17.4 Å². The van der Waals surface area contributed by atoms with Gasteiger partial charge in [0.15, 0.2) is 0 Å². The highest BCUT2D eigenvalue weighted by atomic mass is 16.1. The summed E-state index contributed by atoms with van der Waals surface area (Å²) in [6, 6.07) is 2.18. The topological polar surface area (TPSA) is 76.7 Å². The van der Waals surface area contributed by atoms with E-state index in [1.165, 1.54) is 0 Å². The summed E-state index contributed by atoms with van der Waals surface area (Å²) >= 11 is 0. The van der Waals surface area contributed by atoms with Crippen molar-refractivity contribution in [1.29, 1.82) is 0 Å². The summed E-state index contributed by atoms with van der Waals surface area (Å²) in [6.45, 7) is 0. The van der Waals surface area contributed by atoms with Gasteiger partial charge in [0, 0.05) is 12.2 Å². The van der Waals surface area contributed by atoms with Crippen LogP contribution in [0, 0.1) is 0 Å². The van der Waals surface area contributed by atoms with E-state index in [1.54, 1.807) is 10.8 Å². The molecule has 0 saturated heterocycles. The minimum atomic E-state index is -0.0813. The SMILES string of the molecule is Nc1nccc2c1[nH]c(=O)n2C1CC1. The molecule has 2 aromatic heterocycles. The molecule has 2 heterocycles. The van der Waals surface area contributed by atoms with Gasteiger partial charge >= 0.3 is 5.69 Å². The lowest BCUT2D eigenvalue weighted by molar-refractivity contribution is 0.733. The first-order valence-corrected chi connectivity index (χ1v) is 4.62. The fourth-order valence-corrected chi connectivity index (χ4v) is 1.77. The second-order valence-corrected chi connectivity index (χ2v) is 3.62. The van der Waals surface area contributed by atoms with Gasteiger partial charge in [-0.15, -0.1) is 0 Å². The Morgan fingerprint density at radius 3 is 3.07 bits per heavy atom. The summed E-state index contributed by atoms with van der Waals surface area (Å²) in [5.41, 5.74) is 7.11. The van der Waals surface area contributed by atoms with Gasteiger partial charge in [0.2, 0.25) is 0 Å². The Bertz CT molecular complexity index is 549. The number of H-pyrrole nitrogens is 1.